The number of primary amides is 1. The van der Waals surface area contributed by atoms with Gasteiger partial charge in [-0.05, 0) is 44.3 Å². The van der Waals surface area contributed by atoms with Crippen molar-refractivity contribution >= 4 is 22.8 Å². The van der Waals surface area contributed by atoms with Crippen molar-refractivity contribution in [3.63, 3.8) is 0 Å². The molecule has 3 aromatic rings. The molecule has 3 heterocycles. The standard InChI is InChI=1S/C21H27N7O/c1-27-10-12-28(13-11-27)9-3-7-23-18-14-15(6-8-24-18)21-25-17-5-2-4-16(20(22)29)19(17)26-21/h2,4-6,8,14H,3,7,9-13H2,1H3,(H2,22,29)(H,23,24)(H,25,26). The van der Waals surface area contributed by atoms with Crippen LogP contribution in [0.25, 0.3) is 22.4 Å². The lowest BCUT2D eigenvalue weighted by atomic mass is 10.2. The summed E-state index contributed by atoms with van der Waals surface area (Å²) in [6.45, 7) is 6.54. The number of rotatable bonds is 7. The van der Waals surface area contributed by atoms with Gasteiger partial charge in [0.25, 0.3) is 5.91 Å². The number of carbonyl (C=O) groups excluding carboxylic acids is 1. The predicted octanol–water partition coefficient (Wildman–Crippen LogP) is 1.77. The number of hydrogen-bond donors (Lipinski definition) is 3. The van der Waals surface area contributed by atoms with Gasteiger partial charge in [-0.25, -0.2) is 9.97 Å². The van der Waals surface area contributed by atoms with E-state index < -0.39 is 5.91 Å². The SMILES string of the molecule is CN1CCN(CCCNc2cc(-c3nc4c(C(N)=O)cccc4[nH]3)ccn2)CC1. The van der Waals surface area contributed by atoms with Crippen LogP contribution in [0.2, 0.25) is 0 Å². The fraction of sp³-hybridized carbons (Fsp3) is 0.381. The van der Waals surface area contributed by atoms with Crippen LogP contribution >= 0.6 is 0 Å². The molecule has 1 fully saturated rings. The fourth-order valence-electron chi connectivity index (χ4n) is 3.63. The highest BCUT2D eigenvalue weighted by molar-refractivity contribution is 6.04. The number of H-pyrrole nitrogens is 1. The second-order valence-corrected chi connectivity index (χ2v) is 7.51. The highest BCUT2D eigenvalue weighted by Crippen LogP contribution is 2.24. The first-order chi connectivity index (χ1) is 14.1. The van der Waals surface area contributed by atoms with Crippen LogP contribution in [0.15, 0.2) is 36.5 Å². The second kappa shape index (κ2) is 8.59. The van der Waals surface area contributed by atoms with Crippen LogP contribution in [0.5, 0.6) is 0 Å². The number of nitrogens with two attached hydrogens (primary N) is 1. The summed E-state index contributed by atoms with van der Waals surface area (Å²) in [4.78, 5) is 28.8. The summed E-state index contributed by atoms with van der Waals surface area (Å²) in [5.41, 5.74) is 8.17. The maximum atomic E-state index is 11.6. The lowest BCUT2D eigenvalue weighted by molar-refractivity contribution is 0.100. The van der Waals surface area contributed by atoms with Crippen LogP contribution in [0.3, 0.4) is 0 Å². The van der Waals surface area contributed by atoms with E-state index in [-0.39, 0.29) is 0 Å². The van der Waals surface area contributed by atoms with Gasteiger partial charge in [0.15, 0.2) is 0 Å². The third-order valence-electron chi connectivity index (χ3n) is 5.36. The zero-order valence-corrected chi connectivity index (χ0v) is 16.7. The number of nitrogens with zero attached hydrogens (tertiary/aromatic N) is 4. The first kappa shape index (κ1) is 19.4. The molecule has 29 heavy (non-hydrogen) atoms. The van der Waals surface area contributed by atoms with E-state index >= 15 is 0 Å². The number of anilines is 1. The van der Waals surface area contributed by atoms with Crippen molar-refractivity contribution in [1.29, 1.82) is 0 Å². The predicted molar refractivity (Wildman–Crippen MR) is 115 cm³/mol. The summed E-state index contributed by atoms with van der Waals surface area (Å²) in [6, 6.07) is 9.24. The monoisotopic (exact) mass is 393 g/mol. The van der Waals surface area contributed by atoms with Crippen molar-refractivity contribution < 1.29 is 4.79 Å². The van der Waals surface area contributed by atoms with Gasteiger partial charge in [-0.1, -0.05) is 6.07 Å². The Balaban J connectivity index is 1.39. The average molecular weight is 393 g/mol. The quantitative estimate of drug-likeness (QED) is 0.529. The van der Waals surface area contributed by atoms with Crippen molar-refractivity contribution in [2.45, 2.75) is 6.42 Å². The highest BCUT2D eigenvalue weighted by atomic mass is 16.1. The minimum Gasteiger partial charge on any atom is -0.370 e. The summed E-state index contributed by atoms with van der Waals surface area (Å²) >= 11 is 0. The molecule has 0 unspecified atom stereocenters. The van der Waals surface area contributed by atoms with Crippen molar-refractivity contribution in [3.05, 3.63) is 42.1 Å². The Morgan fingerprint density at radius 2 is 2.07 bits per heavy atom. The minimum absolute atomic E-state index is 0.418. The number of imidazole rings is 1. The number of likely N-dealkylation sites (N-methyl/N-ethyl adjacent to an activating group) is 1. The van der Waals surface area contributed by atoms with Crippen molar-refractivity contribution in [3.8, 4) is 11.4 Å². The number of fused-ring (bicyclic) bond motifs is 1. The maximum absolute atomic E-state index is 11.6. The van der Waals surface area contributed by atoms with E-state index in [2.05, 4.69) is 37.1 Å². The third kappa shape index (κ3) is 4.55. The Labute approximate surface area is 170 Å². The van der Waals surface area contributed by atoms with Gasteiger partial charge < -0.3 is 25.8 Å². The Morgan fingerprint density at radius 3 is 2.86 bits per heavy atom. The van der Waals surface area contributed by atoms with Gasteiger partial charge in [-0.3, -0.25) is 4.79 Å². The largest absolute Gasteiger partial charge is 0.370 e. The van der Waals surface area contributed by atoms with E-state index in [1.807, 2.05) is 18.2 Å². The zero-order valence-electron chi connectivity index (χ0n) is 16.7. The van der Waals surface area contributed by atoms with E-state index in [4.69, 9.17) is 5.73 Å². The molecule has 0 aliphatic carbocycles. The molecular weight excluding hydrogens is 366 g/mol. The number of pyridine rings is 1. The van der Waals surface area contributed by atoms with E-state index in [0.717, 1.165) is 62.6 Å². The number of benzene rings is 1. The molecule has 1 amide bonds. The molecule has 0 atom stereocenters. The van der Waals surface area contributed by atoms with E-state index in [0.29, 0.717) is 16.9 Å². The molecule has 0 saturated carbocycles. The molecule has 1 aliphatic rings. The van der Waals surface area contributed by atoms with Gasteiger partial charge in [0, 0.05) is 44.5 Å². The number of piperazine rings is 1. The summed E-state index contributed by atoms with van der Waals surface area (Å²) in [6.07, 6.45) is 2.84. The number of para-hydroxylation sites is 1. The molecule has 0 radical (unpaired) electrons. The fourth-order valence-corrected chi connectivity index (χ4v) is 3.63. The topological polar surface area (TPSA) is 103 Å². The molecule has 1 aliphatic heterocycles. The lowest BCUT2D eigenvalue weighted by Gasteiger charge is -2.32. The smallest absolute Gasteiger partial charge is 0.250 e. The molecule has 0 bridgehead atoms. The molecule has 8 heteroatoms. The second-order valence-electron chi connectivity index (χ2n) is 7.51. The number of nitrogens with one attached hydrogen (secondary N) is 2. The van der Waals surface area contributed by atoms with Crippen LogP contribution in [0, 0.1) is 0 Å². The number of aromatic amines is 1. The van der Waals surface area contributed by atoms with Crippen molar-refractivity contribution in [1.82, 2.24) is 24.8 Å². The lowest BCUT2D eigenvalue weighted by Crippen LogP contribution is -2.44. The Hall–Kier alpha value is -2.97. The molecule has 0 spiro atoms. The first-order valence-electron chi connectivity index (χ1n) is 10.00. The number of amides is 1. The summed E-state index contributed by atoms with van der Waals surface area (Å²) in [5, 5.41) is 3.40. The number of aromatic nitrogens is 3. The number of carbonyl (C=O) groups is 1. The van der Waals surface area contributed by atoms with Crippen LogP contribution in [-0.4, -0.2) is 77.0 Å². The van der Waals surface area contributed by atoms with Gasteiger partial charge >= 0.3 is 0 Å². The van der Waals surface area contributed by atoms with Gasteiger partial charge in [-0.15, -0.1) is 0 Å². The van der Waals surface area contributed by atoms with Crippen LogP contribution in [-0.2, 0) is 0 Å². The van der Waals surface area contributed by atoms with Gasteiger partial charge in [0.2, 0.25) is 0 Å². The highest BCUT2D eigenvalue weighted by Gasteiger charge is 2.14. The van der Waals surface area contributed by atoms with Gasteiger partial charge in [0.05, 0.1) is 11.1 Å². The van der Waals surface area contributed by atoms with E-state index in [1.54, 1.807) is 18.3 Å². The molecule has 1 saturated heterocycles. The van der Waals surface area contributed by atoms with Crippen molar-refractivity contribution in [2.75, 3.05) is 51.6 Å². The van der Waals surface area contributed by atoms with Gasteiger partial charge in [0.1, 0.15) is 17.2 Å². The van der Waals surface area contributed by atoms with E-state index in [9.17, 15) is 4.79 Å². The Morgan fingerprint density at radius 1 is 1.24 bits per heavy atom. The van der Waals surface area contributed by atoms with Crippen LogP contribution in [0.4, 0.5) is 5.82 Å². The normalized spacial score (nSPS) is 15.6. The molecule has 4 N–H and O–H groups in total. The van der Waals surface area contributed by atoms with Crippen molar-refractivity contribution in [2.24, 2.45) is 5.73 Å². The Bertz CT molecular complexity index is 992. The summed E-state index contributed by atoms with van der Waals surface area (Å²) in [5.74, 6) is 1.03. The molecule has 2 aromatic heterocycles. The van der Waals surface area contributed by atoms with Crippen LogP contribution in [0.1, 0.15) is 16.8 Å². The van der Waals surface area contributed by atoms with E-state index in [1.165, 1.54) is 0 Å². The molecule has 152 valence electrons. The number of hydrogen-bond acceptors (Lipinski definition) is 6. The molecule has 8 nitrogen and oxygen atoms in total. The molecule has 4 rings (SSSR count). The van der Waals surface area contributed by atoms with Crippen LogP contribution < -0.4 is 11.1 Å². The zero-order chi connectivity index (χ0) is 20.2. The molecule has 1 aromatic carbocycles. The first-order valence-corrected chi connectivity index (χ1v) is 10.00. The minimum atomic E-state index is -0.480. The molecular formula is C21H27N7O. The van der Waals surface area contributed by atoms with Gasteiger partial charge in [-0.2, -0.15) is 0 Å². The Kier molecular flexibility index (Phi) is 5.73. The summed E-state index contributed by atoms with van der Waals surface area (Å²) in [7, 11) is 2.17. The third-order valence-corrected chi connectivity index (χ3v) is 5.36. The summed E-state index contributed by atoms with van der Waals surface area (Å²) < 4.78 is 0. The average Bonchev–Trinajstić information content (AvgIpc) is 3.17. The maximum Gasteiger partial charge on any atom is 0.250 e.